The number of nitrogens with one attached hydrogen (secondary N) is 1. The van der Waals surface area contributed by atoms with Crippen molar-refractivity contribution in [2.45, 2.75) is 269 Å². The third kappa shape index (κ3) is 38.7. The lowest BCUT2D eigenvalue weighted by molar-refractivity contribution is -0.302. The summed E-state index contributed by atoms with van der Waals surface area (Å²) in [6.07, 6.45) is 64.6. The summed E-state index contributed by atoms with van der Waals surface area (Å²) in [4.78, 5) is 13.0. The van der Waals surface area contributed by atoms with E-state index in [9.17, 15) is 30.3 Å². The molecule has 1 fully saturated rings. The Kier molecular flexibility index (Phi) is 46.2. The van der Waals surface area contributed by atoms with E-state index in [1.165, 1.54) is 103 Å². The highest BCUT2D eigenvalue weighted by Gasteiger charge is 2.44. The fraction of sp³-hybridized carbons (Fsp3) is 0.721. The van der Waals surface area contributed by atoms with Crippen molar-refractivity contribution < 1.29 is 39.8 Å². The fourth-order valence-corrected chi connectivity index (χ4v) is 8.41. The van der Waals surface area contributed by atoms with Gasteiger partial charge in [-0.3, -0.25) is 4.79 Å². The Morgan fingerprint density at radius 2 is 0.900 bits per heavy atom. The van der Waals surface area contributed by atoms with E-state index in [1.807, 2.05) is 6.08 Å². The normalized spacial score (nSPS) is 20.1. The number of rotatable bonds is 47. The lowest BCUT2D eigenvalue weighted by Gasteiger charge is -2.40. The van der Waals surface area contributed by atoms with Crippen LogP contribution in [0.1, 0.15) is 226 Å². The molecule has 0 radical (unpaired) electrons. The van der Waals surface area contributed by atoms with Crippen LogP contribution in [-0.2, 0) is 14.3 Å². The molecule has 0 bridgehead atoms. The second-order valence-electron chi connectivity index (χ2n) is 19.3. The molecule has 0 aliphatic carbocycles. The van der Waals surface area contributed by atoms with Crippen molar-refractivity contribution >= 4 is 5.91 Å². The molecule has 1 amide bonds. The topological polar surface area (TPSA) is 149 Å². The molecule has 402 valence electrons. The van der Waals surface area contributed by atoms with Crippen LogP contribution in [-0.4, -0.2) is 87.5 Å². The Morgan fingerprint density at radius 3 is 1.37 bits per heavy atom. The average molecular weight is 981 g/mol. The van der Waals surface area contributed by atoms with Crippen LogP contribution in [0.2, 0.25) is 0 Å². The number of hydrogen-bond donors (Lipinski definition) is 6. The molecular weight excluding hydrogens is 875 g/mol. The highest BCUT2D eigenvalue weighted by molar-refractivity contribution is 5.76. The average Bonchev–Trinajstić information content (AvgIpc) is 3.36. The molecule has 1 saturated heterocycles. The number of hydrogen-bond acceptors (Lipinski definition) is 8. The van der Waals surface area contributed by atoms with E-state index < -0.39 is 49.5 Å². The first-order chi connectivity index (χ1) is 34.3. The second-order valence-corrected chi connectivity index (χ2v) is 19.3. The Morgan fingerprint density at radius 1 is 0.500 bits per heavy atom. The van der Waals surface area contributed by atoms with E-state index in [2.05, 4.69) is 104 Å². The SMILES string of the molecule is CC/C=C\C/C=C\C/C=C\C/C=C\C/C=C\C/C=C\CCCCCCCCC(=O)NC(COC1OC(CO)C(O)C(O)C1O)C(O)/C=C/CC/C=C/CCCCCCCCCCCCCCCCCC. The van der Waals surface area contributed by atoms with E-state index >= 15 is 0 Å². The summed E-state index contributed by atoms with van der Waals surface area (Å²) in [5.41, 5.74) is 0. The number of carbonyl (C=O) groups is 1. The molecule has 1 rings (SSSR count). The molecule has 7 unspecified atom stereocenters. The Balaban J connectivity index is 2.30. The molecule has 6 N–H and O–H groups in total. The maximum Gasteiger partial charge on any atom is 0.220 e. The highest BCUT2D eigenvalue weighted by Crippen LogP contribution is 2.23. The minimum Gasteiger partial charge on any atom is -0.394 e. The van der Waals surface area contributed by atoms with Gasteiger partial charge in [0.25, 0.3) is 0 Å². The third-order valence-corrected chi connectivity index (χ3v) is 12.9. The van der Waals surface area contributed by atoms with Gasteiger partial charge in [-0.1, -0.05) is 233 Å². The summed E-state index contributed by atoms with van der Waals surface area (Å²) < 4.78 is 11.2. The first-order valence-electron chi connectivity index (χ1n) is 28.5. The minimum absolute atomic E-state index is 0.204. The van der Waals surface area contributed by atoms with Gasteiger partial charge in [-0.2, -0.15) is 0 Å². The van der Waals surface area contributed by atoms with Gasteiger partial charge in [-0.25, -0.2) is 0 Å². The standard InChI is InChI=1S/C61H105NO8/c1-3-5-7-9-11-13-15-17-19-21-23-25-27-28-29-31-33-35-37-39-41-43-45-47-49-51-57(65)62-54(53-69-61-60(68)59(67)58(66)56(52-63)70-61)55(64)50-48-46-44-42-40-38-36-34-32-30-26-24-22-20-18-16-14-12-10-8-6-4-2/h5,7,11,13,17,19,23,25,28-29,33,35,40,42,48,50,54-56,58-61,63-64,66-68H,3-4,6,8-10,12,14-16,18,20-22,24,26-27,30-32,34,36-39,41,43-47,49,51-53H2,1-2H3,(H,62,65)/b7-5-,13-11-,19-17-,25-23-,29-28-,35-33-,42-40+,50-48+. The predicted octanol–water partition coefficient (Wildman–Crippen LogP) is 14.0. The van der Waals surface area contributed by atoms with Crippen molar-refractivity contribution in [1.29, 1.82) is 0 Å². The molecule has 70 heavy (non-hydrogen) atoms. The Hall–Kier alpha value is -2.89. The predicted molar refractivity (Wildman–Crippen MR) is 294 cm³/mol. The van der Waals surface area contributed by atoms with Crippen LogP contribution in [0.15, 0.2) is 97.2 Å². The van der Waals surface area contributed by atoms with Gasteiger partial charge in [-0.05, 0) is 83.5 Å². The zero-order valence-corrected chi connectivity index (χ0v) is 44.5. The smallest absolute Gasteiger partial charge is 0.220 e. The second kappa shape index (κ2) is 49.7. The highest BCUT2D eigenvalue weighted by atomic mass is 16.7. The van der Waals surface area contributed by atoms with Gasteiger partial charge in [0, 0.05) is 6.42 Å². The molecule has 0 aromatic heterocycles. The van der Waals surface area contributed by atoms with Gasteiger partial charge in [0.2, 0.25) is 5.91 Å². The lowest BCUT2D eigenvalue weighted by Crippen LogP contribution is -2.60. The van der Waals surface area contributed by atoms with Gasteiger partial charge < -0.3 is 40.3 Å². The Bertz CT molecular complexity index is 1420. The van der Waals surface area contributed by atoms with Crippen molar-refractivity contribution in [2.24, 2.45) is 0 Å². The molecule has 0 spiro atoms. The number of carbonyl (C=O) groups excluding carboxylic acids is 1. The minimum atomic E-state index is -1.58. The first-order valence-corrected chi connectivity index (χ1v) is 28.5. The van der Waals surface area contributed by atoms with E-state index in [-0.39, 0.29) is 12.5 Å². The molecular formula is C61H105NO8. The maximum absolute atomic E-state index is 13.0. The largest absolute Gasteiger partial charge is 0.394 e. The van der Waals surface area contributed by atoms with Crippen LogP contribution in [0, 0.1) is 0 Å². The number of aliphatic hydroxyl groups is 5. The van der Waals surface area contributed by atoms with Crippen molar-refractivity contribution in [3.8, 4) is 0 Å². The summed E-state index contributed by atoms with van der Waals surface area (Å²) in [5.74, 6) is -0.204. The van der Waals surface area contributed by atoms with E-state index in [1.54, 1.807) is 6.08 Å². The molecule has 9 heteroatoms. The van der Waals surface area contributed by atoms with E-state index in [0.29, 0.717) is 6.42 Å². The van der Waals surface area contributed by atoms with Gasteiger partial charge in [0.05, 0.1) is 25.4 Å². The summed E-state index contributed by atoms with van der Waals surface area (Å²) in [6, 6.07) is -0.837. The zero-order chi connectivity index (χ0) is 50.8. The van der Waals surface area contributed by atoms with Crippen LogP contribution < -0.4 is 5.32 Å². The van der Waals surface area contributed by atoms with Gasteiger partial charge in [-0.15, -0.1) is 0 Å². The van der Waals surface area contributed by atoms with Crippen LogP contribution >= 0.6 is 0 Å². The van der Waals surface area contributed by atoms with E-state index in [0.717, 1.165) is 103 Å². The summed E-state index contributed by atoms with van der Waals surface area (Å²) in [7, 11) is 0. The first kappa shape index (κ1) is 65.1. The number of unbranched alkanes of at least 4 members (excludes halogenated alkanes) is 23. The number of allylic oxidation sites excluding steroid dienone is 15. The van der Waals surface area contributed by atoms with E-state index in [4.69, 9.17) is 9.47 Å². The lowest BCUT2D eigenvalue weighted by atomic mass is 9.99. The maximum atomic E-state index is 13.0. The summed E-state index contributed by atoms with van der Waals surface area (Å²) in [6.45, 7) is 3.64. The number of amides is 1. The number of ether oxygens (including phenoxy) is 2. The third-order valence-electron chi connectivity index (χ3n) is 12.9. The van der Waals surface area contributed by atoms with Crippen molar-refractivity contribution in [1.82, 2.24) is 5.32 Å². The molecule has 9 nitrogen and oxygen atoms in total. The van der Waals surface area contributed by atoms with Crippen LogP contribution in [0.3, 0.4) is 0 Å². The van der Waals surface area contributed by atoms with Crippen molar-refractivity contribution in [2.75, 3.05) is 13.2 Å². The van der Waals surface area contributed by atoms with Gasteiger partial charge >= 0.3 is 0 Å². The monoisotopic (exact) mass is 980 g/mol. The van der Waals surface area contributed by atoms with Crippen LogP contribution in [0.5, 0.6) is 0 Å². The molecule has 0 saturated carbocycles. The Labute approximate surface area is 428 Å². The molecule has 0 aromatic rings. The van der Waals surface area contributed by atoms with Crippen molar-refractivity contribution in [3.63, 3.8) is 0 Å². The molecule has 1 heterocycles. The van der Waals surface area contributed by atoms with Gasteiger partial charge in [0.15, 0.2) is 6.29 Å². The summed E-state index contributed by atoms with van der Waals surface area (Å²) in [5, 5.41) is 54.5. The molecule has 7 atom stereocenters. The van der Waals surface area contributed by atoms with Crippen molar-refractivity contribution in [3.05, 3.63) is 97.2 Å². The van der Waals surface area contributed by atoms with Crippen LogP contribution in [0.4, 0.5) is 0 Å². The number of aliphatic hydroxyl groups excluding tert-OH is 5. The molecule has 1 aliphatic heterocycles. The quantitative estimate of drug-likeness (QED) is 0.0261. The molecule has 0 aromatic carbocycles. The summed E-state index contributed by atoms with van der Waals surface area (Å²) >= 11 is 0. The molecule has 1 aliphatic rings. The fourth-order valence-electron chi connectivity index (χ4n) is 8.41. The van der Waals surface area contributed by atoms with Crippen LogP contribution in [0.25, 0.3) is 0 Å². The zero-order valence-electron chi connectivity index (χ0n) is 44.5. The van der Waals surface area contributed by atoms with Gasteiger partial charge in [0.1, 0.15) is 24.4 Å².